The molecule has 31 heavy (non-hydrogen) atoms. The van der Waals surface area contributed by atoms with Gasteiger partial charge in [0.05, 0.1) is 22.0 Å². The summed E-state index contributed by atoms with van der Waals surface area (Å²) in [6, 6.07) is 11.1. The van der Waals surface area contributed by atoms with Crippen LogP contribution in [0.3, 0.4) is 0 Å². The number of nitrogens with zero attached hydrogens (tertiary/aromatic N) is 1. The summed E-state index contributed by atoms with van der Waals surface area (Å²) in [4.78, 5) is 24.7. The number of benzene rings is 2. The van der Waals surface area contributed by atoms with Crippen molar-refractivity contribution in [3.05, 3.63) is 75.8 Å². The topological polar surface area (TPSA) is 77.1 Å². The number of carbonyl (C=O) groups excluding carboxylic acids is 2. The van der Waals surface area contributed by atoms with Crippen molar-refractivity contribution in [2.45, 2.75) is 33.6 Å². The molecule has 1 aromatic heterocycles. The van der Waals surface area contributed by atoms with Crippen molar-refractivity contribution in [3.63, 3.8) is 0 Å². The van der Waals surface area contributed by atoms with Crippen molar-refractivity contribution in [1.29, 1.82) is 0 Å². The van der Waals surface area contributed by atoms with Gasteiger partial charge in [-0.05, 0) is 61.2 Å². The molecule has 7 heteroatoms. The summed E-state index contributed by atoms with van der Waals surface area (Å²) in [5.41, 5.74) is 10.0. The largest absolute Gasteiger partial charge is 0.366 e. The van der Waals surface area contributed by atoms with Gasteiger partial charge in [-0.15, -0.1) is 0 Å². The van der Waals surface area contributed by atoms with Gasteiger partial charge in [-0.2, -0.15) is 0 Å². The number of aromatic nitrogens is 1. The Kier molecular flexibility index (Phi) is 5.13. The van der Waals surface area contributed by atoms with Gasteiger partial charge in [0, 0.05) is 29.1 Å². The van der Waals surface area contributed by atoms with E-state index in [9.17, 15) is 14.0 Å². The zero-order valence-electron chi connectivity index (χ0n) is 17.6. The van der Waals surface area contributed by atoms with Gasteiger partial charge < -0.3 is 15.6 Å². The summed E-state index contributed by atoms with van der Waals surface area (Å²) in [7, 11) is 0. The van der Waals surface area contributed by atoms with Gasteiger partial charge >= 0.3 is 0 Å². The number of ketones is 1. The molecule has 1 heterocycles. The highest BCUT2D eigenvalue weighted by Crippen LogP contribution is 2.38. The number of rotatable bonds is 4. The lowest BCUT2D eigenvalue weighted by molar-refractivity contribution is 0.0910. The number of Topliss-reactive ketones (excluding diaryl/α,β-unsaturated/α-hetero) is 1. The molecule has 1 amide bonds. The lowest BCUT2D eigenvalue weighted by atomic mass is 9.76. The van der Waals surface area contributed by atoms with E-state index in [1.54, 1.807) is 18.2 Å². The molecule has 0 radical (unpaired) electrons. The third-order valence-electron chi connectivity index (χ3n) is 5.60. The molecule has 0 saturated carbocycles. The second-order valence-electron chi connectivity index (χ2n) is 8.77. The van der Waals surface area contributed by atoms with Gasteiger partial charge in [-0.1, -0.05) is 25.4 Å². The number of nitrogens with two attached hydrogens (primary N) is 1. The van der Waals surface area contributed by atoms with E-state index in [2.05, 4.69) is 19.2 Å². The van der Waals surface area contributed by atoms with Crippen LogP contribution in [0, 0.1) is 18.2 Å². The first-order chi connectivity index (χ1) is 14.6. The van der Waals surface area contributed by atoms with Crippen molar-refractivity contribution in [1.82, 2.24) is 4.57 Å². The van der Waals surface area contributed by atoms with Crippen molar-refractivity contribution < 1.29 is 14.0 Å². The van der Waals surface area contributed by atoms with E-state index in [0.717, 1.165) is 29.1 Å². The molecular weight excluding hydrogens is 417 g/mol. The second kappa shape index (κ2) is 7.54. The Morgan fingerprint density at radius 2 is 1.87 bits per heavy atom. The zero-order valence-corrected chi connectivity index (χ0v) is 18.3. The fourth-order valence-electron chi connectivity index (χ4n) is 4.24. The molecule has 4 rings (SSSR count). The Labute approximate surface area is 185 Å². The van der Waals surface area contributed by atoms with Crippen molar-refractivity contribution >= 4 is 34.7 Å². The quantitative estimate of drug-likeness (QED) is 0.557. The summed E-state index contributed by atoms with van der Waals surface area (Å²) in [5.74, 6) is -0.922. The fraction of sp³-hybridized carbons (Fsp3) is 0.250. The van der Waals surface area contributed by atoms with Crippen LogP contribution in [0.2, 0.25) is 5.02 Å². The minimum atomic E-state index is -0.602. The summed E-state index contributed by atoms with van der Waals surface area (Å²) in [6.07, 6.45) is 1.27. The van der Waals surface area contributed by atoms with Crippen LogP contribution in [0.1, 0.15) is 52.4 Å². The molecule has 0 unspecified atom stereocenters. The van der Waals surface area contributed by atoms with Crippen LogP contribution in [-0.2, 0) is 6.42 Å². The molecule has 0 bridgehead atoms. The molecular formula is C24H23ClFN3O2. The van der Waals surface area contributed by atoms with Crippen LogP contribution in [0.5, 0.6) is 0 Å². The van der Waals surface area contributed by atoms with Gasteiger partial charge in [0.15, 0.2) is 5.78 Å². The second-order valence-corrected chi connectivity index (χ2v) is 9.17. The Hall–Kier alpha value is -3.12. The maximum Gasteiger partial charge on any atom is 0.250 e. The van der Waals surface area contributed by atoms with Crippen LogP contribution in [0.4, 0.5) is 15.8 Å². The molecule has 0 atom stereocenters. The van der Waals surface area contributed by atoms with E-state index in [1.807, 2.05) is 17.6 Å². The third-order valence-corrected chi connectivity index (χ3v) is 5.91. The molecule has 3 N–H and O–H groups in total. The van der Waals surface area contributed by atoms with E-state index >= 15 is 0 Å². The van der Waals surface area contributed by atoms with E-state index < -0.39 is 11.7 Å². The predicted molar refractivity (Wildman–Crippen MR) is 120 cm³/mol. The highest BCUT2D eigenvalue weighted by molar-refractivity contribution is 6.33. The molecule has 2 aromatic carbocycles. The van der Waals surface area contributed by atoms with Crippen LogP contribution in [-0.4, -0.2) is 16.3 Å². The summed E-state index contributed by atoms with van der Waals surface area (Å²) in [5, 5.41) is 3.28. The number of aryl methyl sites for hydroxylation is 1. The summed E-state index contributed by atoms with van der Waals surface area (Å²) < 4.78 is 15.5. The lowest BCUT2D eigenvalue weighted by Crippen LogP contribution is -2.27. The maximum atomic E-state index is 13.4. The first-order valence-corrected chi connectivity index (χ1v) is 10.3. The zero-order chi connectivity index (χ0) is 22.5. The molecule has 160 valence electrons. The summed E-state index contributed by atoms with van der Waals surface area (Å²) >= 11 is 6.16. The molecule has 0 fully saturated rings. The number of amides is 1. The number of anilines is 2. The Bertz CT molecular complexity index is 1230. The first kappa shape index (κ1) is 21.1. The van der Waals surface area contributed by atoms with Crippen LogP contribution in [0.25, 0.3) is 5.69 Å². The number of carbonyl (C=O) groups is 2. The fourth-order valence-corrected chi connectivity index (χ4v) is 4.45. The number of hydrogen-bond donors (Lipinski definition) is 2. The summed E-state index contributed by atoms with van der Waals surface area (Å²) in [6.45, 7) is 6.12. The molecule has 0 spiro atoms. The molecule has 0 saturated heterocycles. The van der Waals surface area contributed by atoms with Crippen LogP contribution < -0.4 is 11.1 Å². The van der Waals surface area contributed by atoms with Gasteiger partial charge in [0.25, 0.3) is 5.91 Å². The van der Waals surface area contributed by atoms with Crippen molar-refractivity contribution in [3.8, 4) is 5.69 Å². The molecule has 1 aliphatic carbocycles. The van der Waals surface area contributed by atoms with Crippen LogP contribution in [0.15, 0.2) is 42.5 Å². The normalized spacial score (nSPS) is 14.9. The highest BCUT2D eigenvalue weighted by atomic mass is 35.5. The smallest absolute Gasteiger partial charge is 0.250 e. The van der Waals surface area contributed by atoms with Gasteiger partial charge in [0.1, 0.15) is 5.82 Å². The monoisotopic (exact) mass is 439 g/mol. The third kappa shape index (κ3) is 3.95. The van der Waals surface area contributed by atoms with Gasteiger partial charge in [0.2, 0.25) is 0 Å². The van der Waals surface area contributed by atoms with Crippen molar-refractivity contribution in [2.24, 2.45) is 11.1 Å². The standard InChI is InChI=1S/C24H23ClFN3O2/c1-13-8-17-21(11-24(2,3)12-22(17)30)29(13)15-5-6-16(23(27)31)20(10-15)28-19-7-4-14(26)9-18(19)25/h4-10,28H,11-12H2,1-3H3,(H2,27,31). The molecule has 1 aliphatic rings. The van der Waals surface area contributed by atoms with E-state index in [-0.39, 0.29) is 21.8 Å². The van der Waals surface area contributed by atoms with E-state index in [0.29, 0.717) is 17.8 Å². The Balaban J connectivity index is 1.84. The lowest BCUT2D eigenvalue weighted by Gasteiger charge is -2.30. The number of fused-ring (bicyclic) bond motifs is 1. The van der Waals surface area contributed by atoms with Gasteiger partial charge in [-0.25, -0.2) is 4.39 Å². The average molecular weight is 440 g/mol. The number of hydrogen-bond acceptors (Lipinski definition) is 3. The SMILES string of the molecule is Cc1cc2c(n1-c1ccc(C(N)=O)c(Nc3ccc(F)cc3Cl)c1)CC(C)(C)CC2=O. The maximum absolute atomic E-state index is 13.4. The van der Waals surface area contributed by atoms with Crippen LogP contribution >= 0.6 is 11.6 Å². The number of halogens is 2. The first-order valence-electron chi connectivity index (χ1n) is 9.96. The van der Waals surface area contributed by atoms with Crippen molar-refractivity contribution in [2.75, 3.05) is 5.32 Å². The average Bonchev–Trinajstić information content (AvgIpc) is 2.99. The Morgan fingerprint density at radius 1 is 1.13 bits per heavy atom. The molecule has 5 nitrogen and oxygen atoms in total. The predicted octanol–water partition coefficient (Wildman–Crippen LogP) is 5.58. The van der Waals surface area contributed by atoms with E-state index in [1.165, 1.54) is 18.2 Å². The highest BCUT2D eigenvalue weighted by Gasteiger charge is 2.34. The molecule has 3 aromatic rings. The minimum absolute atomic E-state index is 0.136. The Morgan fingerprint density at radius 3 is 2.55 bits per heavy atom. The van der Waals surface area contributed by atoms with E-state index in [4.69, 9.17) is 17.3 Å². The van der Waals surface area contributed by atoms with Gasteiger partial charge in [-0.3, -0.25) is 9.59 Å². The number of nitrogens with one attached hydrogen (secondary N) is 1. The minimum Gasteiger partial charge on any atom is -0.366 e. The molecule has 0 aliphatic heterocycles. The number of primary amides is 1.